The largest absolute Gasteiger partial charge is 0.250 e. The van der Waals surface area contributed by atoms with Crippen LogP contribution in [0.15, 0.2) is 11.6 Å². The normalized spacial score (nSPS) is 9.62. The molecule has 0 saturated heterocycles. The molecule has 1 radical (unpaired) electrons. The van der Waals surface area contributed by atoms with Crippen LogP contribution in [-0.4, -0.2) is 10.7 Å². The van der Waals surface area contributed by atoms with Gasteiger partial charge in [0.15, 0.2) is 0 Å². The van der Waals surface area contributed by atoms with Crippen molar-refractivity contribution in [3.8, 4) is 0 Å². The molecule has 1 heterocycles. The second-order valence-corrected chi connectivity index (χ2v) is 2.77. The number of rotatable bonds is 2. The molecular formula is C5H6NS2. The molecule has 0 aromatic carbocycles. The van der Waals surface area contributed by atoms with Gasteiger partial charge in [0.25, 0.3) is 0 Å². The zero-order chi connectivity index (χ0) is 5.82. The molecule has 0 aliphatic carbocycles. The fourth-order valence-corrected chi connectivity index (χ4v) is 1.41. The molecule has 1 aromatic heterocycles. The maximum atomic E-state index is 4.77. The van der Waals surface area contributed by atoms with E-state index in [9.17, 15) is 0 Å². The van der Waals surface area contributed by atoms with Gasteiger partial charge in [0, 0.05) is 23.8 Å². The molecule has 0 N–H and O–H groups in total. The standard InChI is InChI=1S/C5H6NS2/c7-3-1-5-6-2-4-8-5/h2,4H,1,3H2. The molecule has 0 fully saturated rings. The second-order valence-electron chi connectivity index (χ2n) is 1.38. The van der Waals surface area contributed by atoms with Gasteiger partial charge >= 0.3 is 0 Å². The zero-order valence-corrected chi connectivity index (χ0v) is 5.97. The third-order valence-corrected chi connectivity index (χ3v) is 1.84. The van der Waals surface area contributed by atoms with Crippen LogP contribution in [0.2, 0.25) is 0 Å². The first kappa shape index (κ1) is 6.11. The van der Waals surface area contributed by atoms with E-state index in [4.69, 9.17) is 12.6 Å². The lowest BCUT2D eigenvalue weighted by Crippen LogP contribution is -1.81. The highest BCUT2D eigenvalue weighted by Crippen LogP contribution is 2.04. The minimum Gasteiger partial charge on any atom is -0.250 e. The molecule has 0 saturated carbocycles. The van der Waals surface area contributed by atoms with Gasteiger partial charge in [-0.25, -0.2) is 4.98 Å². The Kier molecular flexibility index (Phi) is 2.36. The summed E-state index contributed by atoms with van der Waals surface area (Å²) in [5.41, 5.74) is 0. The summed E-state index contributed by atoms with van der Waals surface area (Å²) in [6, 6.07) is 0. The molecule has 0 aliphatic heterocycles. The summed E-state index contributed by atoms with van der Waals surface area (Å²) in [5.74, 6) is 0.785. The third kappa shape index (κ3) is 1.49. The Bertz CT molecular complexity index is 136. The number of hydrogen-bond acceptors (Lipinski definition) is 2. The molecule has 3 heteroatoms. The Morgan fingerprint density at radius 2 is 2.62 bits per heavy atom. The van der Waals surface area contributed by atoms with Crippen molar-refractivity contribution in [1.29, 1.82) is 0 Å². The van der Waals surface area contributed by atoms with Crippen LogP contribution in [0, 0.1) is 0 Å². The topological polar surface area (TPSA) is 12.9 Å². The predicted octanol–water partition coefficient (Wildman–Crippen LogP) is 1.88. The number of thiazole rings is 1. The number of hydrogen-bond donors (Lipinski definition) is 0. The fourth-order valence-electron chi connectivity index (χ4n) is 0.464. The van der Waals surface area contributed by atoms with E-state index in [-0.39, 0.29) is 0 Å². The molecule has 8 heavy (non-hydrogen) atoms. The molecule has 0 unspecified atom stereocenters. The Balaban J connectivity index is 2.50. The minimum absolute atomic E-state index is 0.785. The Labute approximate surface area is 58.2 Å². The highest BCUT2D eigenvalue weighted by molar-refractivity contribution is 7.80. The van der Waals surface area contributed by atoms with Crippen molar-refractivity contribution in [2.24, 2.45) is 0 Å². The summed E-state index contributed by atoms with van der Waals surface area (Å²) in [4.78, 5) is 4.06. The van der Waals surface area contributed by atoms with Gasteiger partial charge in [0.05, 0.1) is 5.01 Å². The first-order chi connectivity index (χ1) is 3.93. The van der Waals surface area contributed by atoms with E-state index >= 15 is 0 Å². The predicted molar refractivity (Wildman–Crippen MR) is 38.3 cm³/mol. The molecule has 1 aromatic rings. The lowest BCUT2D eigenvalue weighted by molar-refractivity contribution is 1.11. The average molecular weight is 144 g/mol. The van der Waals surface area contributed by atoms with Crippen LogP contribution < -0.4 is 0 Å². The zero-order valence-electron chi connectivity index (χ0n) is 4.33. The van der Waals surface area contributed by atoms with E-state index < -0.39 is 0 Å². The van der Waals surface area contributed by atoms with Crippen LogP contribution in [0.3, 0.4) is 0 Å². The SMILES string of the molecule is [S]CCc1nccs1. The van der Waals surface area contributed by atoms with Crippen LogP contribution in [0.25, 0.3) is 0 Å². The Morgan fingerprint density at radius 1 is 1.75 bits per heavy atom. The summed E-state index contributed by atoms with van der Waals surface area (Å²) in [6.07, 6.45) is 2.76. The van der Waals surface area contributed by atoms with Gasteiger partial charge in [-0.3, -0.25) is 0 Å². The van der Waals surface area contributed by atoms with E-state index in [1.54, 1.807) is 11.3 Å². The van der Waals surface area contributed by atoms with Crippen molar-refractivity contribution >= 4 is 24.0 Å². The molecule has 0 aliphatic rings. The number of nitrogens with zero attached hydrogens (tertiary/aromatic N) is 1. The lowest BCUT2D eigenvalue weighted by Gasteiger charge is -1.83. The van der Waals surface area contributed by atoms with E-state index in [0.29, 0.717) is 0 Å². The first-order valence-electron chi connectivity index (χ1n) is 2.40. The summed E-state index contributed by atoms with van der Waals surface area (Å²) in [6.45, 7) is 0. The van der Waals surface area contributed by atoms with Gasteiger partial charge in [-0.1, -0.05) is 12.6 Å². The fraction of sp³-hybridized carbons (Fsp3) is 0.400. The van der Waals surface area contributed by atoms with Crippen molar-refractivity contribution in [2.45, 2.75) is 6.42 Å². The van der Waals surface area contributed by atoms with Gasteiger partial charge in [-0.15, -0.1) is 11.3 Å². The van der Waals surface area contributed by atoms with E-state index in [1.807, 2.05) is 11.6 Å². The van der Waals surface area contributed by atoms with E-state index in [0.717, 1.165) is 17.2 Å². The van der Waals surface area contributed by atoms with Crippen molar-refractivity contribution in [3.05, 3.63) is 16.6 Å². The monoisotopic (exact) mass is 144 g/mol. The molecule has 1 rings (SSSR count). The van der Waals surface area contributed by atoms with Crippen molar-refractivity contribution in [2.75, 3.05) is 5.75 Å². The molecule has 43 valence electrons. The summed E-state index contributed by atoms with van der Waals surface area (Å²) < 4.78 is 0. The quantitative estimate of drug-likeness (QED) is 0.617. The lowest BCUT2D eigenvalue weighted by atomic mass is 10.5. The molecule has 0 amide bonds. The van der Waals surface area contributed by atoms with Gasteiger partial charge < -0.3 is 0 Å². The van der Waals surface area contributed by atoms with Crippen LogP contribution >= 0.6 is 24.0 Å². The molecule has 0 bridgehead atoms. The minimum atomic E-state index is 0.785. The highest BCUT2D eigenvalue weighted by atomic mass is 32.1. The van der Waals surface area contributed by atoms with Crippen molar-refractivity contribution < 1.29 is 0 Å². The average Bonchev–Trinajstić information content (AvgIpc) is 2.19. The van der Waals surface area contributed by atoms with Crippen LogP contribution in [-0.2, 0) is 6.42 Å². The Morgan fingerprint density at radius 3 is 3.12 bits per heavy atom. The molecule has 1 nitrogen and oxygen atoms in total. The molecular weight excluding hydrogens is 138 g/mol. The summed E-state index contributed by atoms with van der Waals surface area (Å²) in [7, 11) is 0. The van der Waals surface area contributed by atoms with E-state index in [2.05, 4.69) is 4.98 Å². The number of aryl methyl sites for hydroxylation is 1. The van der Waals surface area contributed by atoms with Gasteiger partial charge in [0.2, 0.25) is 0 Å². The summed E-state index contributed by atoms with van der Waals surface area (Å²) >= 11 is 6.44. The van der Waals surface area contributed by atoms with Crippen molar-refractivity contribution in [3.63, 3.8) is 0 Å². The second kappa shape index (κ2) is 3.10. The smallest absolute Gasteiger partial charge is 0.0933 e. The molecule has 0 atom stereocenters. The summed E-state index contributed by atoms with van der Waals surface area (Å²) in [5, 5.41) is 3.13. The molecule has 0 spiro atoms. The first-order valence-corrected chi connectivity index (χ1v) is 3.85. The van der Waals surface area contributed by atoms with Crippen LogP contribution in [0.5, 0.6) is 0 Å². The Hall–Kier alpha value is -0.0200. The van der Waals surface area contributed by atoms with Crippen LogP contribution in [0.1, 0.15) is 5.01 Å². The maximum absolute atomic E-state index is 4.77. The van der Waals surface area contributed by atoms with E-state index in [1.165, 1.54) is 0 Å². The highest BCUT2D eigenvalue weighted by Gasteiger charge is 1.89. The van der Waals surface area contributed by atoms with Gasteiger partial charge in [-0.2, -0.15) is 0 Å². The van der Waals surface area contributed by atoms with Crippen molar-refractivity contribution in [1.82, 2.24) is 4.98 Å². The van der Waals surface area contributed by atoms with Gasteiger partial charge in [-0.05, 0) is 0 Å². The van der Waals surface area contributed by atoms with Gasteiger partial charge in [0.1, 0.15) is 0 Å². The third-order valence-electron chi connectivity index (χ3n) is 0.799. The maximum Gasteiger partial charge on any atom is 0.0933 e. The van der Waals surface area contributed by atoms with Crippen LogP contribution in [0.4, 0.5) is 0 Å². The number of aromatic nitrogens is 1.